The molecule has 0 aliphatic rings. The summed E-state index contributed by atoms with van der Waals surface area (Å²) in [5, 5.41) is 0. The van der Waals surface area contributed by atoms with Gasteiger partial charge in [-0.15, -0.1) is 0 Å². The smallest absolute Gasteiger partial charge is 0.457 e. The van der Waals surface area contributed by atoms with Gasteiger partial charge >= 0.3 is 13.8 Å². The molecule has 0 fully saturated rings. The molecule has 9 heteroatoms. The Kier molecular flexibility index (Phi) is 42.8. The molecule has 0 aliphatic heterocycles. The largest absolute Gasteiger partial charge is 0.472 e. The highest BCUT2D eigenvalue weighted by Gasteiger charge is 2.25. The lowest BCUT2D eigenvalue weighted by molar-refractivity contribution is -0.154. The molecule has 0 saturated heterocycles. The minimum absolute atomic E-state index is 0.0922. The van der Waals surface area contributed by atoms with Gasteiger partial charge in [0.05, 0.1) is 19.8 Å². The Morgan fingerprint density at radius 1 is 0.537 bits per heavy atom. The number of unbranched alkanes of at least 4 members (excludes halogenated alkanes) is 30. The number of allylic oxidation sites excluding steroid dienone is 2. The van der Waals surface area contributed by atoms with Crippen molar-refractivity contribution in [2.75, 3.05) is 33.0 Å². The summed E-state index contributed by atoms with van der Waals surface area (Å²) in [6.07, 6.45) is 46.6. The fourth-order valence-electron chi connectivity index (χ4n) is 6.76. The third-order valence-electron chi connectivity index (χ3n) is 10.2. The van der Waals surface area contributed by atoms with Gasteiger partial charge in [0.15, 0.2) is 0 Å². The predicted molar refractivity (Wildman–Crippen MR) is 229 cm³/mol. The van der Waals surface area contributed by atoms with Crippen LogP contribution in [0.4, 0.5) is 0 Å². The fraction of sp³-hybridized carbons (Fsp3) is 0.933. The van der Waals surface area contributed by atoms with E-state index in [0.717, 1.165) is 32.1 Å². The van der Waals surface area contributed by atoms with Crippen molar-refractivity contribution in [3.63, 3.8) is 0 Å². The first-order chi connectivity index (χ1) is 26.4. The van der Waals surface area contributed by atoms with Crippen LogP contribution in [0.3, 0.4) is 0 Å². The van der Waals surface area contributed by atoms with Gasteiger partial charge in [-0.3, -0.25) is 13.8 Å². The van der Waals surface area contributed by atoms with Gasteiger partial charge in [-0.1, -0.05) is 199 Å². The van der Waals surface area contributed by atoms with Crippen molar-refractivity contribution < 1.29 is 32.8 Å². The Labute approximate surface area is 334 Å². The van der Waals surface area contributed by atoms with Crippen LogP contribution in [0.1, 0.15) is 232 Å². The maximum absolute atomic E-state index is 12.6. The quantitative estimate of drug-likeness (QED) is 0.0271. The monoisotopic (exact) mass is 788 g/mol. The molecule has 0 bridgehead atoms. The number of esters is 1. The Hall–Kier alpha value is -0.760. The van der Waals surface area contributed by atoms with Crippen molar-refractivity contribution in [1.29, 1.82) is 0 Å². The topological polar surface area (TPSA) is 117 Å². The Balaban J connectivity index is 3.91. The van der Waals surface area contributed by atoms with E-state index in [-0.39, 0.29) is 32.3 Å². The molecule has 0 radical (unpaired) electrons. The van der Waals surface area contributed by atoms with Crippen molar-refractivity contribution in [1.82, 2.24) is 0 Å². The van der Waals surface area contributed by atoms with E-state index in [0.29, 0.717) is 13.0 Å². The summed E-state index contributed by atoms with van der Waals surface area (Å²) in [4.78, 5) is 22.5. The summed E-state index contributed by atoms with van der Waals surface area (Å²) in [5.41, 5.74) is 5.37. The van der Waals surface area contributed by atoms with Gasteiger partial charge in [-0.2, -0.15) is 0 Å². The highest BCUT2D eigenvalue weighted by Crippen LogP contribution is 2.43. The number of carbonyl (C=O) groups is 1. The van der Waals surface area contributed by atoms with Crippen LogP contribution in [0.25, 0.3) is 0 Å². The van der Waals surface area contributed by atoms with Gasteiger partial charge in [0.25, 0.3) is 0 Å². The van der Waals surface area contributed by atoms with Crippen molar-refractivity contribution in [3.8, 4) is 0 Å². The Bertz CT molecular complexity index is 843. The van der Waals surface area contributed by atoms with Crippen LogP contribution in [0.15, 0.2) is 12.2 Å². The van der Waals surface area contributed by atoms with Crippen molar-refractivity contribution in [2.24, 2.45) is 5.73 Å². The average Bonchev–Trinajstić information content (AvgIpc) is 3.16. The molecule has 0 heterocycles. The van der Waals surface area contributed by atoms with E-state index in [1.807, 2.05) is 0 Å². The summed E-state index contributed by atoms with van der Waals surface area (Å²) in [6, 6.07) is 0. The molecule has 0 aromatic rings. The van der Waals surface area contributed by atoms with Gasteiger partial charge in [0.2, 0.25) is 0 Å². The second-order valence-corrected chi connectivity index (χ2v) is 17.1. The third-order valence-corrected chi connectivity index (χ3v) is 11.2. The lowest BCUT2D eigenvalue weighted by Crippen LogP contribution is -2.28. The number of phosphoric ester groups is 1. The third kappa shape index (κ3) is 42.4. The van der Waals surface area contributed by atoms with Crippen LogP contribution in [-0.2, 0) is 27.9 Å². The van der Waals surface area contributed by atoms with Gasteiger partial charge in [-0.25, -0.2) is 4.57 Å². The minimum Gasteiger partial charge on any atom is -0.457 e. The van der Waals surface area contributed by atoms with Gasteiger partial charge < -0.3 is 20.1 Å². The number of hydrogen-bond acceptors (Lipinski definition) is 7. The SMILES string of the molecule is CCCCCCCCCC/C=C\CCCCCCCCCCCCOCC(COP(=O)(O)OCCN)OC(=O)CCCCCCCCCCCCCCC. The molecule has 0 rings (SSSR count). The van der Waals surface area contributed by atoms with Crippen molar-refractivity contribution in [3.05, 3.63) is 12.2 Å². The summed E-state index contributed by atoms with van der Waals surface area (Å²) in [7, 11) is -4.27. The highest BCUT2D eigenvalue weighted by atomic mass is 31.2. The van der Waals surface area contributed by atoms with Gasteiger partial charge in [-0.05, 0) is 38.5 Å². The molecule has 8 nitrogen and oxygen atoms in total. The lowest BCUT2D eigenvalue weighted by atomic mass is 10.0. The van der Waals surface area contributed by atoms with Crippen LogP contribution in [-0.4, -0.2) is 49.9 Å². The molecule has 0 aromatic heterocycles. The summed E-state index contributed by atoms with van der Waals surface area (Å²) in [5.74, 6) is -0.327. The maximum Gasteiger partial charge on any atom is 0.472 e. The number of ether oxygens (including phenoxy) is 2. The normalized spacial score (nSPS) is 13.5. The highest BCUT2D eigenvalue weighted by molar-refractivity contribution is 7.47. The molecule has 0 aliphatic carbocycles. The Morgan fingerprint density at radius 3 is 1.35 bits per heavy atom. The Morgan fingerprint density at radius 2 is 0.926 bits per heavy atom. The zero-order chi connectivity index (χ0) is 39.5. The van der Waals surface area contributed by atoms with Crippen LogP contribution in [0, 0.1) is 0 Å². The number of phosphoric acid groups is 1. The second kappa shape index (κ2) is 43.4. The number of nitrogens with two attached hydrogens (primary N) is 1. The lowest BCUT2D eigenvalue weighted by Gasteiger charge is -2.20. The van der Waals surface area contributed by atoms with E-state index < -0.39 is 13.9 Å². The minimum atomic E-state index is -4.27. The number of rotatable bonds is 45. The first-order valence-electron chi connectivity index (χ1n) is 23.2. The van der Waals surface area contributed by atoms with E-state index in [9.17, 15) is 14.3 Å². The van der Waals surface area contributed by atoms with E-state index in [1.165, 1.54) is 180 Å². The molecule has 0 aromatic carbocycles. The maximum atomic E-state index is 12.6. The van der Waals surface area contributed by atoms with Crippen molar-refractivity contribution in [2.45, 2.75) is 238 Å². The molecule has 0 spiro atoms. The van der Waals surface area contributed by atoms with Crippen LogP contribution < -0.4 is 5.73 Å². The standard InChI is InChI=1S/C45H90NO7P/c1-3-5-7-9-11-13-15-17-18-19-20-21-22-23-24-25-27-29-31-33-35-37-40-50-42-44(43-52-54(48,49)51-41-39-46)53-45(47)38-36-34-32-30-28-26-16-14-12-10-8-6-4-2/h19-20,44H,3-18,21-43,46H2,1-2H3,(H,48,49)/b20-19-. The van der Waals surface area contributed by atoms with E-state index in [2.05, 4.69) is 26.0 Å². The number of hydrogen-bond donors (Lipinski definition) is 2. The predicted octanol–water partition coefficient (Wildman–Crippen LogP) is 13.9. The van der Waals surface area contributed by atoms with E-state index >= 15 is 0 Å². The molecule has 0 saturated carbocycles. The molecule has 54 heavy (non-hydrogen) atoms. The summed E-state index contributed by atoms with van der Waals surface area (Å²) < 4.78 is 33.5. The van der Waals surface area contributed by atoms with Crippen LogP contribution in [0.2, 0.25) is 0 Å². The number of carbonyl (C=O) groups excluding carboxylic acids is 1. The molecule has 0 amide bonds. The summed E-state index contributed by atoms with van der Waals surface area (Å²) in [6.45, 7) is 4.96. The molecular formula is C45H90NO7P. The fourth-order valence-corrected chi connectivity index (χ4v) is 7.52. The van der Waals surface area contributed by atoms with Crippen LogP contribution >= 0.6 is 7.82 Å². The van der Waals surface area contributed by atoms with Gasteiger partial charge in [0.1, 0.15) is 6.10 Å². The molecule has 3 N–H and O–H groups in total. The molecule has 322 valence electrons. The van der Waals surface area contributed by atoms with E-state index in [4.69, 9.17) is 24.3 Å². The van der Waals surface area contributed by atoms with Crippen LogP contribution in [0.5, 0.6) is 0 Å². The van der Waals surface area contributed by atoms with Crippen molar-refractivity contribution >= 4 is 13.8 Å². The molecular weight excluding hydrogens is 697 g/mol. The zero-order valence-corrected chi connectivity index (χ0v) is 36.6. The molecule has 2 unspecified atom stereocenters. The average molecular weight is 788 g/mol. The first kappa shape index (κ1) is 53.2. The second-order valence-electron chi connectivity index (χ2n) is 15.6. The first-order valence-corrected chi connectivity index (χ1v) is 24.7. The molecule has 2 atom stereocenters. The van der Waals surface area contributed by atoms with E-state index in [1.54, 1.807) is 0 Å². The van der Waals surface area contributed by atoms with Gasteiger partial charge in [0, 0.05) is 19.6 Å². The zero-order valence-electron chi connectivity index (χ0n) is 35.7. The summed E-state index contributed by atoms with van der Waals surface area (Å²) >= 11 is 0.